The number of carboxylic acids is 1. The molecule has 0 aliphatic heterocycles. The number of aryl methyl sites for hydroxylation is 1. The van der Waals surface area contributed by atoms with E-state index in [1.165, 1.54) is 17.8 Å². The van der Waals surface area contributed by atoms with E-state index < -0.39 is 17.1 Å². The van der Waals surface area contributed by atoms with Crippen molar-refractivity contribution in [3.05, 3.63) is 50.5 Å². The second-order valence-electron chi connectivity index (χ2n) is 3.60. The summed E-state index contributed by atoms with van der Waals surface area (Å²) in [6, 6.07) is 6.34. The third-order valence-corrected chi connectivity index (χ3v) is 3.39. The van der Waals surface area contributed by atoms with E-state index in [9.17, 15) is 14.4 Å². The van der Waals surface area contributed by atoms with Gasteiger partial charge in [0.05, 0.1) is 5.56 Å². The Morgan fingerprint density at radius 3 is 2.74 bits per heavy atom. The largest absolute Gasteiger partial charge is 0.478 e. The Balaban J connectivity index is 2.48. The quantitative estimate of drug-likeness (QED) is 0.784. The van der Waals surface area contributed by atoms with E-state index >= 15 is 0 Å². The van der Waals surface area contributed by atoms with Gasteiger partial charge in [0.15, 0.2) is 5.16 Å². The maximum absolute atomic E-state index is 11.2. The first-order chi connectivity index (χ1) is 8.99. The van der Waals surface area contributed by atoms with Crippen molar-refractivity contribution < 1.29 is 9.90 Å². The molecule has 0 spiro atoms. The monoisotopic (exact) mass is 279 g/mol. The Kier molecular flexibility index (Phi) is 3.52. The van der Waals surface area contributed by atoms with Crippen molar-refractivity contribution >= 4 is 17.7 Å². The normalized spacial score (nSPS) is 10.4. The van der Waals surface area contributed by atoms with Crippen molar-refractivity contribution in [2.24, 2.45) is 7.05 Å². The molecular weight excluding hydrogens is 270 g/mol. The van der Waals surface area contributed by atoms with E-state index in [0.29, 0.717) is 4.90 Å². The van der Waals surface area contributed by atoms with Gasteiger partial charge in [0.25, 0.3) is 0 Å². The molecule has 0 fully saturated rings. The molecule has 1 heterocycles. The molecule has 7 nitrogen and oxygen atoms in total. The average molecular weight is 279 g/mol. The first kappa shape index (κ1) is 13.1. The molecule has 0 amide bonds. The number of nitrogens with zero attached hydrogens (tertiary/aromatic N) is 2. The van der Waals surface area contributed by atoms with Crippen LogP contribution < -0.4 is 11.1 Å². The van der Waals surface area contributed by atoms with Gasteiger partial charge in [-0.1, -0.05) is 12.1 Å². The Morgan fingerprint density at radius 2 is 2.05 bits per heavy atom. The lowest BCUT2D eigenvalue weighted by Crippen LogP contribution is -2.33. The van der Waals surface area contributed by atoms with Crippen LogP contribution in [0.1, 0.15) is 10.4 Å². The van der Waals surface area contributed by atoms with E-state index in [4.69, 9.17) is 5.11 Å². The fraction of sp³-hybridized carbons (Fsp3) is 0.0909. The minimum Gasteiger partial charge on any atom is -0.478 e. The topological polar surface area (TPSA) is 105 Å². The van der Waals surface area contributed by atoms with Crippen molar-refractivity contribution in [1.82, 2.24) is 14.8 Å². The van der Waals surface area contributed by atoms with Gasteiger partial charge in [-0.3, -0.25) is 19.4 Å². The lowest BCUT2D eigenvalue weighted by atomic mass is 10.2. The van der Waals surface area contributed by atoms with Gasteiger partial charge in [-0.25, -0.2) is 4.79 Å². The van der Waals surface area contributed by atoms with Crippen molar-refractivity contribution in [3.63, 3.8) is 0 Å². The molecule has 0 unspecified atom stereocenters. The molecule has 0 saturated carbocycles. The number of nitrogens with one attached hydrogen (secondary N) is 1. The van der Waals surface area contributed by atoms with Gasteiger partial charge in [0.1, 0.15) is 0 Å². The zero-order chi connectivity index (χ0) is 14.0. The summed E-state index contributed by atoms with van der Waals surface area (Å²) in [6.07, 6.45) is 0. The highest BCUT2D eigenvalue weighted by atomic mass is 32.2. The van der Waals surface area contributed by atoms with Crippen molar-refractivity contribution in [3.8, 4) is 0 Å². The Hall–Kier alpha value is -2.35. The van der Waals surface area contributed by atoms with Crippen LogP contribution in [-0.2, 0) is 7.05 Å². The van der Waals surface area contributed by atoms with Crippen LogP contribution in [0, 0.1) is 0 Å². The lowest BCUT2D eigenvalue weighted by Gasteiger charge is -2.07. The number of carbonyl (C=O) groups is 1. The third-order valence-electron chi connectivity index (χ3n) is 2.27. The maximum atomic E-state index is 11.2. The van der Waals surface area contributed by atoms with Crippen molar-refractivity contribution in [2.75, 3.05) is 0 Å². The Morgan fingerprint density at radius 1 is 1.37 bits per heavy atom. The fourth-order valence-electron chi connectivity index (χ4n) is 1.38. The first-order valence-electron chi connectivity index (χ1n) is 5.16. The van der Waals surface area contributed by atoms with Crippen LogP contribution >= 0.6 is 11.8 Å². The van der Waals surface area contributed by atoms with Gasteiger partial charge in [-0.15, -0.1) is 0 Å². The number of hydrogen-bond donors (Lipinski definition) is 2. The van der Waals surface area contributed by atoms with Crippen molar-refractivity contribution in [1.29, 1.82) is 0 Å². The molecular formula is C11H9N3O4S. The van der Waals surface area contributed by atoms with E-state index in [1.54, 1.807) is 18.2 Å². The third kappa shape index (κ3) is 2.74. The molecule has 8 heteroatoms. The van der Waals surface area contributed by atoms with Crippen LogP contribution in [0.3, 0.4) is 0 Å². The summed E-state index contributed by atoms with van der Waals surface area (Å²) in [6.45, 7) is 0. The van der Waals surface area contributed by atoms with Crippen LogP contribution in [0.15, 0.2) is 43.9 Å². The number of hydrogen-bond acceptors (Lipinski definition) is 5. The second kappa shape index (κ2) is 5.11. The molecule has 2 N–H and O–H groups in total. The minimum atomic E-state index is -1.07. The lowest BCUT2D eigenvalue weighted by molar-refractivity contribution is 0.0693. The highest BCUT2D eigenvalue weighted by Gasteiger charge is 2.13. The van der Waals surface area contributed by atoms with E-state index in [1.807, 2.05) is 0 Å². The Bertz CT molecular complexity index is 750. The summed E-state index contributed by atoms with van der Waals surface area (Å²) < 4.78 is 1.27. The number of aromatic amines is 1. The zero-order valence-electron chi connectivity index (χ0n) is 9.78. The number of aromatic nitrogens is 3. The van der Waals surface area contributed by atoms with E-state index in [2.05, 4.69) is 10.1 Å². The average Bonchev–Trinajstić information content (AvgIpc) is 2.36. The standard InChI is InChI=1S/C11H9N3O4S/c1-14-11(12-8(15)9(16)13-14)19-7-5-3-2-4-6(7)10(17)18/h2-5H,1H3,(H,13,16)(H,17,18). The van der Waals surface area contributed by atoms with Crippen molar-refractivity contribution in [2.45, 2.75) is 10.1 Å². The zero-order valence-corrected chi connectivity index (χ0v) is 10.6. The van der Waals surface area contributed by atoms with Gasteiger partial charge >= 0.3 is 17.1 Å². The van der Waals surface area contributed by atoms with Crippen LogP contribution in [0.4, 0.5) is 0 Å². The number of benzene rings is 1. The van der Waals surface area contributed by atoms with Gasteiger partial charge in [-0.05, 0) is 23.9 Å². The summed E-state index contributed by atoms with van der Waals surface area (Å²) in [5, 5.41) is 11.6. The van der Waals surface area contributed by atoms with E-state index in [-0.39, 0.29) is 10.7 Å². The molecule has 1 aromatic carbocycles. The molecule has 0 radical (unpaired) electrons. The Labute approximate surface area is 110 Å². The first-order valence-corrected chi connectivity index (χ1v) is 5.98. The molecule has 19 heavy (non-hydrogen) atoms. The highest BCUT2D eigenvalue weighted by Crippen LogP contribution is 2.27. The maximum Gasteiger partial charge on any atom is 0.339 e. The molecule has 1 aromatic heterocycles. The highest BCUT2D eigenvalue weighted by molar-refractivity contribution is 7.99. The fourth-order valence-corrected chi connectivity index (χ4v) is 2.30. The van der Waals surface area contributed by atoms with Crippen LogP contribution in [0.25, 0.3) is 0 Å². The molecule has 0 aliphatic rings. The van der Waals surface area contributed by atoms with Gasteiger partial charge < -0.3 is 5.11 Å². The summed E-state index contributed by atoms with van der Waals surface area (Å²) in [5.74, 6) is -1.07. The number of carboxylic acid groups (broad SMARTS) is 1. The summed E-state index contributed by atoms with van der Waals surface area (Å²) in [5.41, 5.74) is -1.63. The predicted molar refractivity (Wildman–Crippen MR) is 67.6 cm³/mol. The summed E-state index contributed by atoms with van der Waals surface area (Å²) >= 11 is 0.993. The molecule has 0 atom stereocenters. The minimum absolute atomic E-state index is 0.105. The van der Waals surface area contributed by atoms with Gasteiger partial charge in [0.2, 0.25) is 0 Å². The summed E-state index contributed by atoms with van der Waals surface area (Å²) in [7, 11) is 1.51. The molecule has 0 aliphatic carbocycles. The smallest absolute Gasteiger partial charge is 0.339 e. The molecule has 2 rings (SSSR count). The van der Waals surface area contributed by atoms with Gasteiger partial charge in [-0.2, -0.15) is 4.98 Å². The van der Waals surface area contributed by atoms with E-state index in [0.717, 1.165) is 11.8 Å². The van der Waals surface area contributed by atoms with Crippen LogP contribution in [-0.4, -0.2) is 25.8 Å². The second-order valence-corrected chi connectivity index (χ2v) is 4.61. The molecule has 0 saturated heterocycles. The number of aromatic carboxylic acids is 1. The van der Waals surface area contributed by atoms with Gasteiger partial charge in [0, 0.05) is 11.9 Å². The van der Waals surface area contributed by atoms with Crippen LogP contribution in [0.5, 0.6) is 0 Å². The molecule has 2 aromatic rings. The SMILES string of the molecule is Cn1[nH]c(=O)c(=O)nc1Sc1ccccc1C(=O)O. The molecule has 0 bridgehead atoms. The predicted octanol–water partition coefficient (Wildman–Crippen LogP) is 0.318. The summed E-state index contributed by atoms with van der Waals surface area (Å²) in [4.78, 5) is 37.4. The number of H-pyrrole nitrogens is 1. The molecule has 98 valence electrons. The van der Waals surface area contributed by atoms with Crippen LogP contribution in [0.2, 0.25) is 0 Å². The number of rotatable bonds is 3.